The molecule has 3 aromatic rings. The third-order valence-corrected chi connectivity index (χ3v) is 8.48. The molecule has 1 saturated heterocycles. The van der Waals surface area contributed by atoms with E-state index >= 15 is 0 Å². The number of hydrogen-bond acceptors (Lipinski definition) is 6. The lowest BCUT2D eigenvalue weighted by atomic mass is 10.1. The van der Waals surface area contributed by atoms with Crippen molar-refractivity contribution in [3.63, 3.8) is 0 Å². The minimum absolute atomic E-state index is 0.0398. The zero-order valence-electron chi connectivity index (χ0n) is 18.6. The molecule has 10 heteroatoms. The van der Waals surface area contributed by atoms with E-state index in [1.54, 1.807) is 31.2 Å². The predicted molar refractivity (Wildman–Crippen MR) is 130 cm³/mol. The highest BCUT2D eigenvalue weighted by Crippen LogP contribution is 2.39. The first-order valence-electron chi connectivity index (χ1n) is 10.8. The summed E-state index contributed by atoms with van der Waals surface area (Å²) in [5, 5.41) is 3.20. The molecule has 0 unspecified atom stereocenters. The molecule has 0 spiro atoms. The summed E-state index contributed by atoms with van der Waals surface area (Å²) in [4.78, 5) is 28.8. The van der Waals surface area contributed by atoms with Gasteiger partial charge < -0.3 is 14.6 Å². The average molecular weight is 500 g/mol. The molecule has 2 aliphatic heterocycles. The van der Waals surface area contributed by atoms with E-state index in [1.165, 1.54) is 19.2 Å². The van der Waals surface area contributed by atoms with Crippen molar-refractivity contribution in [1.82, 2.24) is 9.21 Å². The number of sulfonamides is 1. The maximum Gasteiger partial charge on any atom is 0.275 e. The van der Waals surface area contributed by atoms with E-state index in [1.807, 2.05) is 4.90 Å². The molecule has 5 rings (SSSR count). The van der Waals surface area contributed by atoms with Crippen LogP contribution in [0.25, 0.3) is 16.7 Å². The second kappa shape index (κ2) is 8.18. The summed E-state index contributed by atoms with van der Waals surface area (Å²) in [6.45, 7) is 3.19. The molecule has 1 fully saturated rings. The Morgan fingerprint density at radius 3 is 2.59 bits per heavy atom. The largest absolute Gasteiger partial charge is 0.462 e. The first kappa shape index (κ1) is 22.5. The normalized spacial score (nSPS) is 17.3. The average Bonchev–Trinajstić information content (AvgIpc) is 3.34. The van der Waals surface area contributed by atoms with Crippen LogP contribution in [0.5, 0.6) is 0 Å². The molecular weight excluding hydrogens is 478 g/mol. The van der Waals surface area contributed by atoms with E-state index in [0.29, 0.717) is 35.0 Å². The van der Waals surface area contributed by atoms with E-state index < -0.39 is 21.4 Å². The van der Waals surface area contributed by atoms with Crippen molar-refractivity contribution in [1.29, 1.82) is 0 Å². The van der Waals surface area contributed by atoms with Gasteiger partial charge in [-0.05, 0) is 43.5 Å². The Balaban J connectivity index is 1.65. The molecule has 0 aliphatic carbocycles. The van der Waals surface area contributed by atoms with Gasteiger partial charge >= 0.3 is 0 Å². The molecule has 0 radical (unpaired) electrons. The number of carbonyl (C=O) groups is 1. The van der Waals surface area contributed by atoms with Crippen LogP contribution in [0.4, 0.5) is 5.69 Å². The van der Waals surface area contributed by atoms with Crippen LogP contribution in [0.3, 0.4) is 0 Å². The summed E-state index contributed by atoms with van der Waals surface area (Å²) in [6, 6.07) is 9.79. The topological polar surface area (TPSA) is 99.9 Å². The Hall–Kier alpha value is -3.30. The van der Waals surface area contributed by atoms with Crippen LogP contribution in [0, 0.1) is 6.92 Å². The van der Waals surface area contributed by atoms with E-state index in [9.17, 15) is 18.0 Å². The third kappa shape index (κ3) is 3.47. The summed E-state index contributed by atoms with van der Waals surface area (Å²) in [6.07, 6.45) is 3.04. The number of fused-ring (bicyclic) bond motifs is 2. The van der Waals surface area contributed by atoms with E-state index in [0.717, 1.165) is 29.0 Å². The van der Waals surface area contributed by atoms with Crippen molar-refractivity contribution in [3.8, 4) is 0 Å². The highest BCUT2D eigenvalue weighted by molar-refractivity contribution is 7.89. The number of nitrogens with one attached hydrogen (secondary N) is 1. The minimum atomic E-state index is -3.96. The van der Waals surface area contributed by atoms with E-state index in [2.05, 4.69) is 5.32 Å². The number of halogens is 1. The number of likely N-dealkylation sites (N-methyl/N-ethyl adjacent to an activating group) is 1. The monoisotopic (exact) mass is 499 g/mol. The molecule has 8 nitrogen and oxygen atoms in total. The minimum Gasteiger partial charge on any atom is -0.462 e. The number of anilines is 1. The lowest BCUT2D eigenvalue weighted by Gasteiger charge is -2.35. The SMILES string of the molecule is Cc1cc2occ(NC(=O)C3=C(N4CCCC4)c4ccccc4S(=O)(=O)N3C)c(=O)c2cc1Cl. The summed E-state index contributed by atoms with van der Waals surface area (Å²) in [7, 11) is -2.61. The molecule has 1 aromatic heterocycles. The first-order valence-corrected chi connectivity index (χ1v) is 12.6. The van der Waals surface area contributed by atoms with Gasteiger partial charge in [0.15, 0.2) is 0 Å². The molecule has 1 amide bonds. The van der Waals surface area contributed by atoms with Crippen LogP contribution in [0.15, 0.2) is 62.5 Å². The van der Waals surface area contributed by atoms with E-state index in [4.69, 9.17) is 16.0 Å². The van der Waals surface area contributed by atoms with Gasteiger partial charge in [0.25, 0.3) is 15.9 Å². The fourth-order valence-electron chi connectivity index (χ4n) is 4.46. The van der Waals surface area contributed by atoms with Crippen LogP contribution in [-0.4, -0.2) is 43.7 Å². The maximum absolute atomic E-state index is 13.5. The van der Waals surface area contributed by atoms with Gasteiger partial charge in [0.2, 0.25) is 5.43 Å². The van der Waals surface area contributed by atoms with Crippen LogP contribution in [0.1, 0.15) is 24.0 Å². The zero-order chi connectivity index (χ0) is 24.2. The van der Waals surface area contributed by atoms with Crippen molar-refractivity contribution >= 4 is 49.9 Å². The van der Waals surface area contributed by atoms with Gasteiger partial charge in [-0.1, -0.05) is 29.8 Å². The Labute approximate surface area is 201 Å². The summed E-state index contributed by atoms with van der Waals surface area (Å²) in [5.41, 5.74) is 1.49. The molecule has 0 saturated carbocycles. The van der Waals surface area contributed by atoms with E-state index in [-0.39, 0.29) is 21.7 Å². The maximum atomic E-state index is 13.5. The Morgan fingerprint density at radius 1 is 1.15 bits per heavy atom. The fourth-order valence-corrected chi connectivity index (χ4v) is 6.02. The Bertz CT molecular complexity index is 1540. The second-order valence-corrected chi connectivity index (χ2v) is 10.7. The van der Waals surface area contributed by atoms with Gasteiger partial charge in [0, 0.05) is 30.7 Å². The summed E-state index contributed by atoms with van der Waals surface area (Å²) < 4.78 is 33.0. The first-order chi connectivity index (χ1) is 16.2. The standard InChI is InChI=1S/C24H22ClN3O5S/c1-14-11-19-16(12-17(14)25)23(29)18(13-33-19)26-24(30)22-21(28-9-5-6-10-28)15-7-3-4-8-20(15)34(31,32)27(22)2/h3-4,7-8,11-13H,5-6,9-10H2,1-2H3,(H,26,30). The van der Waals surface area contributed by atoms with Gasteiger partial charge in [-0.3, -0.25) is 13.9 Å². The van der Waals surface area contributed by atoms with Gasteiger partial charge in [0.05, 0.1) is 16.0 Å². The van der Waals surface area contributed by atoms with Crippen LogP contribution < -0.4 is 10.7 Å². The number of likely N-dealkylation sites (tertiary alicyclic amines) is 1. The molecule has 2 aliphatic rings. The summed E-state index contributed by atoms with van der Waals surface area (Å²) >= 11 is 6.18. The van der Waals surface area contributed by atoms with Crippen molar-refractivity contribution < 1.29 is 17.6 Å². The highest BCUT2D eigenvalue weighted by Gasteiger charge is 2.40. The quantitative estimate of drug-likeness (QED) is 0.588. The molecule has 2 aromatic carbocycles. The highest BCUT2D eigenvalue weighted by atomic mass is 35.5. The number of amides is 1. The number of benzene rings is 2. The van der Waals surface area contributed by atoms with Crippen molar-refractivity contribution in [2.24, 2.45) is 0 Å². The fraction of sp³-hybridized carbons (Fsp3) is 0.250. The number of hydrogen-bond donors (Lipinski definition) is 1. The second-order valence-electron chi connectivity index (χ2n) is 8.39. The van der Waals surface area contributed by atoms with Gasteiger partial charge in [0.1, 0.15) is 23.2 Å². The molecule has 0 atom stereocenters. The lowest BCUT2D eigenvalue weighted by Crippen LogP contribution is -2.40. The number of nitrogens with zero attached hydrogens (tertiary/aromatic N) is 2. The number of carbonyl (C=O) groups excluding carboxylic acids is 1. The summed E-state index contributed by atoms with van der Waals surface area (Å²) in [5.74, 6) is -0.715. The third-order valence-electron chi connectivity index (χ3n) is 6.26. The van der Waals surface area contributed by atoms with Gasteiger partial charge in [-0.25, -0.2) is 8.42 Å². The smallest absolute Gasteiger partial charge is 0.275 e. The molecule has 3 heterocycles. The van der Waals surface area contributed by atoms with Crippen molar-refractivity contribution in [2.75, 3.05) is 25.5 Å². The molecule has 0 bridgehead atoms. The molecule has 176 valence electrons. The zero-order valence-corrected chi connectivity index (χ0v) is 20.2. The van der Waals surface area contributed by atoms with Gasteiger partial charge in [-0.2, -0.15) is 0 Å². The molecule has 34 heavy (non-hydrogen) atoms. The molecular formula is C24H22ClN3O5S. The predicted octanol–water partition coefficient (Wildman–Crippen LogP) is 3.79. The molecule has 1 N–H and O–H groups in total. The van der Waals surface area contributed by atoms with Crippen LogP contribution in [0.2, 0.25) is 5.02 Å². The number of aryl methyl sites for hydroxylation is 1. The van der Waals surface area contributed by atoms with Crippen LogP contribution >= 0.6 is 11.6 Å². The van der Waals surface area contributed by atoms with Crippen molar-refractivity contribution in [2.45, 2.75) is 24.7 Å². The van der Waals surface area contributed by atoms with Crippen LogP contribution in [-0.2, 0) is 14.8 Å². The lowest BCUT2D eigenvalue weighted by molar-refractivity contribution is -0.113. The Kier molecular flexibility index (Phi) is 5.41. The van der Waals surface area contributed by atoms with Crippen molar-refractivity contribution in [3.05, 3.63) is 74.7 Å². The number of rotatable bonds is 3. The van der Waals surface area contributed by atoms with Gasteiger partial charge in [-0.15, -0.1) is 0 Å². The Morgan fingerprint density at radius 2 is 1.85 bits per heavy atom.